The topological polar surface area (TPSA) is 23.5 Å². The Labute approximate surface area is 162 Å². The minimum absolute atomic E-state index is 0. The van der Waals surface area contributed by atoms with E-state index in [1.54, 1.807) is 0 Å². The first-order chi connectivity index (χ1) is 10.2. The van der Waals surface area contributed by atoms with Gasteiger partial charge in [-0.05, 0) is 71.1 Å². The van der Waals surface area contributed by atoms with E-state index in [4.69, 9.17) is 0 Å². The SMILES string of the molecule is CN(Cc1cc(Br)cc(Br)c1O)C1CC2CCC1(C)C2(C)C.Cl. The molecule has 130 valence electrons. The van der Waals surface area contributed by atoms with Crippen molar-refractivity contribution in [2.75, 3.05) is 7.05 Å². The lowest BCUT2D eigenvalue weighted by molar-refractivity contribution is 0.0537. The van der Waals surface area contributed by atoms with E-state index in [9.17, 15) is 5.11 Å². The van der Waals surface area contributed by atoms with Crippen LogP contribution < -0.4 is 0 Å². The Balaban J connectivity index is 0.00000192. The van der Waals surface area contributed by atoms with Gasteiger partial charge in [0.15, 0.2) is 0 Å². The molecular weight excluding hydrogens is 441 g/mol. The van der Waals surface area contributed by atoms with Crippen LogP contribution >= 0.6 is 44.3 Å². The molecule has 1 aromatic rings. The highest BCUT2D eigenvalue weighted by atomic mass is 79.9. The molecule has 1 N–H and O–H groups in total. The summed E-state index contributed by atoms with van der Waals surface area (Å²) in [7, 11) is 2.21. The largest absolute Gasteiger partial charge is 0.506 e. The second-order valence-electron chi connectivity index (χ2n) is 7.94. The first-order valence-electron chi connectivity index (χ1n) is 8.04. The fraction of sp³-hybridized carbons (Fsp3) is 0.667. The van der Waals surface area contributed by atoms with Gasteiger partial charge in [0.25, 0.3) is 0 Å². The number of nitrogens with zero attached hydrogens (tertiary/aromatic N) is 1. The highest BCUT2D eigenvalue weighted by Crippen LogP contribution is 2.66. The minimum atomic E-state index is 0. The summed E-state index contributed by atoms with van der Waals surface area (Å²) in [6.45, 7) is 8.15. The average molecular weight is 468 g/mol. The number of hydrogen-bond acceptors (Lipinski definition) is 2. The molecule has 0 spiro atoms. The lowest BCUT2D eigenvalue weighted by Crippen LogP contribution is -2.45. The summed E-state index contributed by atoms with van der Waals surface area (Å²) < 4.78 is 1.75. The van der Waals surface area contributed by atoms with Crippen LogP contribution in [0.15, 0.2) is 21.1 Å². The summed E-state index contributed by atoms with van der Waals surface area (Å²) in [6.07, 6.45) is 3.99. The second kappa shape index (κ2) is 6.51. The van der Waals surface area contributed by atoms with Crippen LogP contribution in [0.25, 0.3) is 0 Å². The van der Waals surface area contributed by atoms with Crippen LogP contribution in [0.1, 0.15) is 45.6 Å². The number of halogens is 3. The van der Waals surface area contributed by atoms with Crippen molar-refractivity contribution >= 4 is 44.3 Å². The zero-order chi connectivity index (χ0) is 16.3. The fourth-order valence-corrected chi connectivity index (χ4v) is 6.26. The first-order valence-corrected chi connectivity index (χ1v) is 9.62. The Morgan fingerprint density at radius 1 is 1.26 bits per heavy atom. The zero-order valence-corrected chi connectivity index (χ0v) is 18.2. The van der Waals surface area contributed by atoms with Crippen molar-refractivity contribution in [3.8, 4) is 5.75 Å². The van der Waals surface area contributed by atoms with Crippen LogP contribution in [0.4, 0.5) is 0 Å². The van der Waals surface area contributed by atoms with Gasteiger partial charge in [0.2, 0.25) is 0 Å². The number of hydrogen-bond donors (Lipinski definition) is 1. The summed E-state index contributed by atoms with van der Waals surface area (Å²) in [5.41, 5.74) is 1.78. The van der Waals surface area contributed by atoms with Crippen LogP contribution in [0.3, 0.4) is 0 Å². The molecule has 0 aliphatic heterocycles. The molecule has 2 fully saturated rings. The molecule has 3 rings (SSSR count). The molecule has 1 aromatic carbocycles. The van der Waals surface area contributed by atoms with Crippen LogP contribution in [0, 0.1) is 16.7 Å². The molecule has 0 aromatic heterocycles. The van der Waals surface area contributed by atoms with Gasteiger partial charge in [-0.25, -0.2) is 0 Å². The van der Waals surface area contributed by atoms with E-state index in [-0.39, 0.29) is 12.4 Å². The molecule has 0 heterocycles. The third-order valence-corrected chi connectivity index (χ3v) is 7.87. The predicted molar refractivity (Wildman–Crippen MR) is 105 cm³/mol. The normalized spacial score (nSPS) is 31.4. The third-order valence-electron chi connectivity index (χ3n) is 6.81. The summed E-state index contributed by atoms with van der Waals surface area (Å²) in [4.78, 5) is 2.45. The molecule has 0 amide bonds. The van der Waals surface area contributed by atoms with E-state index < -0.39 is 0 Å². The summed E-state index contributed by atoms with van der Waals surface area (Å²) >= 11 is 6.96. The Bertz CT molecular complexity index is 607. The van der Waals surface area contributed by atoms with Gasteiger partial charge < -0.3 is 5.11 Å². The van der Waals surface area contributed by atoms with Crippen LogP contribution in [0.5, 0.6) is 5.75 Å². The summed E-state index contributed by atoms with van der Waals surface area (Å²) in [5, 5.41) is 10.3. The lowest BCUT2D eigenvalue weighted by atomic mass is 9.69. The molecule has 0 radical (unpaired) electrons. The van der Waals surface area contributed by atoms with E-state index in [1.807, 2.05) is 12.1 Å². The predicted octanol–water partition coefficient (Wildman–Crippen LogP) is 5.99. The Hall–Kier alpha value is 0.230. The van der Waals surface area contributed by atoms with E-state index in [0.29, 0.717) is 22.6 Å². The smallest absolute Gasteiger partial charge is 0.134 e. The van der Waals surface area contributed by atoms with Crippen molar-refractivity contribution in [2.24, 2.45) is 16.7 Å². The van der Waals surface area contributed by atoms with Crippen LogP contribution in [-0.2, 0) is 6.54 Å². The molecule has 2 saturated carbocycles. The fourth-order valence-electron chi connectivity index (χ4n) is 4.95. The summed E-state index contributed by atoms with van der Waals surface area (Å²) in [6, 6.07) is 4.51. The van der Waals surface area contributed by atoms with Gasteiger partial charge in [-0.1, -0.05) is 36.7 Å². The van der Waals surface area contributed by atoms with E-state index in [0.717, 1.165) is 27.0 Å². The number of aromatic hydroxyl groups is 1. The van der Waals surface area contributed by atoms with Gasteiger partial charge in [-0.15, -0.1) is 12.4 Å². The highest BCUT2D eigenvalue weighted by molar-refractivity contribution is 9.11. The second-order valence-corrected chi connectivity index (χ2v) is 9.71. The van der Waals surface area contributed by atoms with Crippen LogP contribution in [-0.4, -0.2) is 23.1 Å². The van der Waals surface area contributed by atoms with Crippen molar-refractivity contribution < 1.29 is 5.11 Å². The van der Waals surface area contributed by atoms with E-state index in [2.05, 4.69) is 64.6 Å². The molecule has 2 aliphatic rings. The number of phenols is 1. The molecule has 3 atom stereocenters. The van der Waals surface area contributed by atoms with Gasteiger partial charge >= 0.3 is 0 Å². The molecule has 5 heteroatoms. The van der Waals surface area contributed by atoms with Gasteiger partial charge in [0, 0.05) is 22.6 Å². The maximum absolute atomic E-state index is 10.3. The summed E-state index contributed by atoms with van der Waals surface area (Å²) in [5.74, 6) is 1.20. The molecule has 0 saturated heterocycles. The Kier molecular flexibility index (Phi) is 5.53. The molecular formula is C18H26Br2ClNO. The maximum Gasteiger partial charge on any atom is 0.134 e. The van der Waals surface area contributed by atoms with Gasteiger partial charge in [0.1, 0.15) is 5.75 Å². The van der Waals surface area contributed by atoms with Crippen LogP contribution in [0.2, 0.25) is 0 Å². The molecule has 23 heavy (non-hydrogen) atoms. The van der Waals surface area contributed by atoms with Crippen molar-refractivity contribution in [2.45, 2.75) is 52.6 Å². The van der Waals surface area contributed by atoms with Gasteiger partial charge in [-0.3, -0.25) is 4.90 Å². The quantitative estimate of drug-likeness (QED) is 0.591. The van der Waals surface area contributed by atoms with Gasteiger partial charge in [-0.2, -0.15) is 0 Å². The number of rotatable bonds is 3. The number of benzene rings is 1. The van der Waals surface area contributed by atoms with E-state index in [1.165, 1.54) is 19.3 Å². The number of fused-ring (bicyclic) bond motifs is 2. The Morgan fingerprint density at radius 2 is 1.91 bits per heavy atom. The molecule has 3 unspecified atom stereocenters. The third kappa shape index (κ3) is 2.98. The van der Waals surface area contributed by atoms with E-state index >= 15 is 0 Å². The first kappa shape index (κ1) is 19.6. The van der Waals surface area contributed by atoms with Crippen molar-refractivity contribution in [1.29, 1.82) is 0 Å². The lowest BCUT2D eigenvalue weighted by Gasteiger charge is -2.43. The average Bonchev–Trinajstić information content (AvgIpc) is 2.76. The van der Waals surface area contributed by atoms with Crippen molar-refractivity contribution in [3.63, 3.8) is 0 Å². The maximum atomic E-state index is 10.3. The molecule has 2 bridgehead atoms. The minimum Gasteiger partial charge on any atom is -0.506 e. The monoisotopic (exact) mass is 465 g/mol. The highest BCUT2D eigenvalue weighted by Gasteiger charge is 2.62. The Morgan fingerprint density at radius 3 is 2.43 bits per heavy atom. The molecule has 2 nitrogen and oxygen atoms in total. The zero-order valence-electron chi connectivity index (χ0n) is 14.2. The van der Waals surface area contributed by atoms with Crippen molar-refractivity contribution in [1.82, 2.24) is 4.90 Å². The van der Waals surface area contributed by atoms with Gasteiger partial charge in [0.05, 0.1) is 4.47 Å². The molecule has 2 aliphatic carbocycles. The van der Waals surface area contributed by atoms with Crippen molar-refractivity contribution in [3.05, 3.63) is 26.6 Å². The standard InChI is InChI=1S/C18H25Br2NO.ClH/c1-17(2)12-5-6-18(17,3)15(8-12)21(4)10-11-7-13(19)9-14(20)16(11)22;/h7,9,12,15,22H,5-6,8,10H2,1-4H3;1H. The number of phenolic OH excluding ortho intramolecular Hbond substituents is 1.